The molecule has 21 heavy (non-hydrogen) atoms. The van der Waals surface area contributed by atoms with Crippen LogP contribution in [-0.2, 0) is 14.8 Å². The van der Waals surface area contributed by atoms with Gasteiger partial charge in [0.25, 0.3) is 0 Å². The van der Waals surface area contributed by atoms with E-state index in [9.17, 15) is 13.2 Å². The maximum Gasteiger partial charge on any atom is 0.243 e. The van der Waals surface area contributed by atoms with Crippen molar-refractivity contribution < 1.29 is 13.2 Å². The van der Waals surface area contributed by atoms with E-state index in [4.69, 9.17) is 0 Å². The van der Waals surface area contributed by atoms with E-state index in [2.05, 4.69) is 13.2 Å². The number of nitrogens with zero attached hydrogens (tertiary/aromatic N) is 2. The van der Waals surface area contributed by atoms with Gasteiger partial charge < -0.3 is 4.90 Å². The van der Waals surface area contributed by atoms with E-state index in [1.54, 1.807) is 30.4 Å². The molecule has 0 bridgehead atoms. The van der Waals surface area contributed by atoms with Crippen LogP contribution in [0.1, 0.15) is 0 Å². The highest BCUT2D eigenvalue weighted by Gasteiger charge is 2.24. The molecule has 114 valence electrons. The summed E-state index contributed by atoms with van der Waals surface area (Å²) in [5.74, 6) is -0.295. The highest BCUT2D eigenvalue weighted by molar-refractivity contribution is 7.89. The molecule has 0 radical (unpaired) electrons. The first-order valence-electron chi connectivity index (χ1n) is 6.44. The van der Waals surface area contributed by atoms with E-state index in [0.717, 1.165) is 4.31 Å². The summed E-state index contributed by atoms with van der Waals surface area (Å²) in [7, 11) is -2.27. The van der Waals surface area contributed by atoms with Crippen molar-refractivity contribution in [2.45, 2.75) is 4.90 Å². The summed E-state index contributed by atoms with van der Waals surface area (Å²) in [5, 5.41) is 0. The number of hydrogen-bond acceptors (Lipinski definition) is 3. The normalized spacial score (nSPS) is 11.1. The molecule has 0 saturated carbocycles. The number of hydrogen-bond donors (Lipinski definition) is 0. The van der Waals surface area contributed by atoms with Crippen molar-refractivity contribution in [1.82, 2.24) is 9.21 Å². The van der Waals surface area contributed by atoms with E-state index < -0.39 is 10.0 Å². The zero-order chi connectivity index (χ0) is 15.9. The van der Waals surface area contributed by atoms with Crippen LogP contribution in [0.3, 0.4) is 0 Å². The largest absolute Gasteiger partial charge is 0.334 e. The van der Waals surface area contributed by atoms with Crippen molar-refractivity contribution in [1.29, 1.82) is 0 Å². The smallest absolute Gasteiger partial charge is 0.243 e. The van der Waals surface area contributed by atoms with Crippen molar-refractivity contribution in [3.05, 3.63) is 55.6 Å². The fourth-order valence-corrected chi connectivity index (χ4v) is 2.88. The number of rotatable bonds is 8. The van der Waals surface area contributed by atoms with Crippen LogP contribution < -0.4 is 0 Å². The minimum atomic E-state index is -3.66. The third kappa shape index (κ3) is 4.54. The van der Waals surface area contributed by atoms with Crippen LogP contribution >= 0.6 is 0 Å². The SMILES string of the molecule is C=CCN(CC=C)C(=O)CN(C)S(=O)(=O)c1ccccc1. The predicted octanol–water partition coefficient (Wildman–Crippen LogP) is 1.51. The number of likely N-dealkylation sites (N-methyl/N-ethyl adjacent to an activating group) is 1. The second kappa shape index (κ2) is 7.75. The molecule has 1 aromatic rings. The van der Waals surface area contributed by atoms with Gasteiger partial charge in [0.15, 0.2) is 0 Å². The number of sulfonamides is 1. The highest BCUT2D eigenvalue weighted by Crippen LogP contribution is 2.13. The highest BCUT2D eigenvalue weighted by atomic mass is 32.2. The van der Waals surface area contributed by atoms with Gasteiger partial charge in [-0.1, -0.05) is 30.4 Å². The molecule has 0 aliphatic carbocycles. The number of carbonyl (C=O) groups excluding carboxylic acids is 1. The minimum absolute atomic E-state index is 0.166. The number of benzene rings is 1. The van der Waals surface area contributed by atoms with Gasteiger partial charge in [-0.3, -0.25) is 4.79 Å². The fraction of sp³-hybridized carbons (Fsp3) is 0.267. The van der Waals surface area contributed by atoms with E-state index in [-0.39, 0.29) is 17.3 Å². The molecule has 0 heterocycles. The molecule has 0 aromatic heterocycles. The number of carbonyl (C=O) groups is 1. The Kier molecular flexibility index (Phi) is 6.33. The Labute approximate surface area is 126 Å². The summed E-state index contributed by atoms with van der Waals surface area (Å²) in [5.41, 5.74) is 0. The molecule has 6 heteroatoms. The third-order valence-electron chi connectivity index (χ3n) is 2.86. The molecular formula is C15H20N2O3S. The molecule has 1 aromatic carbocycles. The van der Waals surface area contributed by atoms with Crippen molar-refractivity contribution in [3.63, 3.8) is 0 Å². The third-order valence-corrected chi connectivity index (χ3v) is 4.68. The molecule has 0 fully saturated rings. The van der Waals surface area contributed by atoms with Gasteiger partial charge in [-0.2, -0.15) is 4.31 Å². The first kappa shape index (κ1) is 17.1. The Hall–Kier alpha value is -1.92. The Morgan fingerprint density at radius 1 is 1.14 bits per heavy atom. The van der Waals surface area contributed by atoms with Crippen LogP contribution in [0, 0.1) is 0 Å². The summed E-state index contributed by atoms with van der Waals surface area (Å²) < 4.78 is 25.7. The molecule has 5 nitrogen and oxygen atoms in total. The van der Waals surface area contributed by atoms with Gasteiger partial charge in [-0.25, -0.2) is 8.42 Å². The average molecular weight is 308 g/mol. The van der Waals surface area contributed by atoms with Crippen molar-refractivity contribution >= 4 is 15.9 Å². The van der Waals surface area contributed by atoms with E-state index in [1.807, 2.05) is 0 Å². The summed E-state index contributed by atoms with van der Waals surface area (Å²) in [6.07, 6.45) is 3.18. The standard InChI is InChI=1S/C15H20N2O3S/c1-4-11-17(12-5-2)15(18)13-16(3)21(19,20)14-9-7-6-8-10-14/h4-10H,1-2,11-13H2,3H3. The Morgan fingerprint density at radius 3 is 2.14 bits per heavy atom. The lowest BCUT2D eigenvalue weighted by Gasteiger charge is -2.23. The molecule has 1 amide bonds. The van der Waals surface area contributed by atoms with E-state index >= 15 is 0 Å². The summed E-state index contributed by atoms with van der Waals surface area (Å²) in [4.78, 5) is 13.8. The fourth-order valence-electron chi connectivity index (χ4n) is 1.74. The minimum Gasteiger partial charge on any atom is -0.334 e. The van der Waals surface area contributed by atoms with Gasteiger partial charge in [0.05, 0.1) is 11.4 Å². The molecular weight excluding hydrogens is 288 g/mol. The molecule has 0 saturated heterocycles. The topological polar surface area (TPSA) is 57.7 Å². The first-order chi connectivity index (χ1) is 9.93. The molecule has 0 atom stereocenters. The van der Waals surface area contributed by atoms with E-state index in [0.29, 0.717) is 13.1 Å². The maximum atomic E-state index is 12.3. The van der Waals surface area contributed by atoms with Crippen molar-refractivity contribution in [3.8, 4) is 0 Å². The van der Waals surface area contributed by atoms with Gasteiger partial charge in [-0.05, 0) is 12.1 Å². The van der Waals surface area contributed by atoms with Crippen molar-refractivity contribution in [2.24, 2.45) is 0 Å². The molecule has 0 N–H and O–H groups in total. The monoisotopic (exact) mass is 308 g/mol. The van der Waals surface area contributed by atoms with Crippen LogP contribution in [-0.4, -0.2) is 50.2 Å². The molecule has 0 unspecified atom stereocenters. The summed E-state index contributed by atoms with van der Waals surface area (Å²) >= 11 is 0. The summed E-state index contributed by atoms with van der Waals surface area (Å²) in [6, 6.07) is 8.03. The van der Waals surface area contributed by atoms with Gasteiger partial charge in [0.1, 0.15) is 0 Å². The molecule has 0 aliphatic heterocycles. The van der Waals surface area contributed by atoms with Crippen LogP contribution in [0.15, 0.2) is 60.5 Å². The maximum absolute atomic E-state index is 12.3. The van der Waals surface area contributed by atoms with Gasteiger partial charge >= 0.3 is 0 Å². The zero-order valence-electron chi connectivity index (χ0n) is 12.1. The average Bonchev–Trinajstić information content (AvgIpc) is 2.47. The lowest BCUT2D eigenvalue weighted by Crippen LogP contribution is -2.41. The first-order valence-corrected chi connectivity index (χ1v) is 7.88. The van der Waals surface area contributed by atoms with Crippen LogP contribution in [0.4, 0.5) is 0 Å². The second-order valence-electron chi connectivity index (χ2n) is 4.45. The van der Waals surface area contributed by atoms with Crippen LogP contribution in [0.25, 0.3) is 0 Å². The predicted molar refractivity (Wildman–Crippen MR) is 83.2 cm³/mol. The number of amides is 1. The van der Waals surface area contributed by atoms with Crippen LogP contribution in [0.5, 0.6) is 0 Å². The molecule has 0 aliphatic rings. The molecule has 1 rings (SSSR count). The quantitative estimate of drug-likeness (QED) is 0.684. The van der Waals surface area contributed by atoms with Gasteiger partial charge in [0.2, 0.25) is 15.9 Å². The Morgan fingerprint density at radius 2 is 1.67 bits per heavy atom. The lowest BCUT2D eigenvalue weighted by atomic mass is 10.4. The summed E-state index contributed by atoms with van der Waals surface area (Å²) in [6.45, 7) is 7.64. The zero-order valence-corrected chi connectivity index (χ0v) is 12.9. The lowest BCUT2D eigenvalue weighted by molar-refractivity contribution is -0.130. The van der Waals surface area contributed by atoms with Crippen molar-refractivity contribution in [2.75, 3.05) is 26.7 Å². The van der Waals surface area contributed by atoms with Crippen LogP contribution in [0.2, 0.25) is 0 Å². The van der Waals surface area contributed by atoms with Gasteiger partial charge in [0, 0.05) is 20.1 Å². The Bertz CT molecular complexity index is 587. The van der Waals surface area contributed by atoms with Gasteiger partial charge in [-0.15, -0.1) is 13.2 Å². The molecule has 0 spiro atoms. The Balaban J connectivity index is 2.84. The second-order valence-corrected chi connectivity index (χ2v) is 6.50. The van der Waals surface area contributed by atoms with E-state index in [1.165, 1.54) is 24.1 Å².